The van der Waals surface area contributed by atoms with Crippen LogP contribution in [-0.4, -0.2) is 48.6 Å². The normalized spacial score (nSPS) is 44.2. The Labute approximate surface area is 186 Å². The van der Waals surface area contributed by atoms with E-state index in [0.29, 0.717) is 5.41 Å². The molecule has 1 saturated carbocycles. The Morgan fingerprint density at radius 2 is 1.60 bits per heavy atom. The highest BCUT2D eigenvalue weighted by Gasteiger charge is 2.55. The van der Waals surface area contributed by atoms with Crippen LogP contribution in [0.15, 0.2) is 23.8 Å². The van der Waals surface area contributed by atoms with Gasteiger partial charge in [-0.3, -0.25) is 4.90 Å². The van der Waals surface area contributed by atoms with Crippen molar-refractivity contribution in [2.45, 2.75) is 102 Å². The molecule has 5 aliphatic rings. The summed E-state index contributed by atoms with van der Waals surface area (Å²) in [6.45, 7) is 6.93. The van der Waals surface area contributed by atoms with E-state index in [-0.39, 0.29) is 0 Å². The topological polar surface area (TPSA) is 6.48 Å². The fourth-order valence-electron chi connectivity index (χ4n) is 7.98. The standard InChI is InChI=1S/C28H46N2/c1-2-5-9-13-17-29-21-25-19-24-15-11-7-3-6-10-14-18-30-23-28(22-29,16-12-8-4-1)26(25)20-27(24)30/h3,7,15,25-27H,1-2,4-6,8-14,16-23H2/b7-3-,24-15-/t25-,26-,27+,28+/m1/s1. The van der Waals surface area contributed by atoms with E-state index in [4.69, 9.17) is 0 Å². The van der Waals surface area contributed by atoms with Gasteiger partial charge >= 0.3 is 0 Å². The van der Waals surface area contributed by atoms with Crippen LogP contribution in [0.3, 0.4) is 0 Å². The largest absolute Gasteiger partial charge is 0.302 e. The molecule has 30 heavy (non-hydrogen) atoms. The van der Waals surface area contributed by atoms with Gasteiger partial charge in [-0.25, -0.2) is 0 Å². The molecular formula is C28H46N2. The van der Waals surface area contributed by atoms with E-state index in [9.17, 15) is 0 Å². The van der Waals surface area contributed by atoms with Crippen LogP contribution < -0.4 is 0 Å². The maximum absolute atomic E-state index is 2.99. The quantitative estimate of drug-likeness (QED) is 0.416. The second-order valence-corrected chi connectivity index (χ2v) is 11.5. The third-order valence-corrected chi connectivity index (χ3v) is 9.40. The van der Waals surface area contributed by atoms with Gasteiger partial charge in [-0.2, -0.15) is 0 Å². The van der Waals surface area contributed by atoms with Gasteiger partial charge in [-0.05, 0) is 81.7 Å². The lowest BCUT2D eigenvalue weighted by Crippen LogP contribution is -2.66. The van der Waals surface area contributed by atoms with Crippen LogP contribution in [0, 0.1) is 17.3 Å². The maximum atomic E-state index is 2.99. The van der Waals surface area contributed by atoms with Crippen molar-refractivity contribution in [2.75, 3.05) is 32.7 Å². The van der Waals surface area contributed by atoms with Crippen molar-refractivity contribution in [3.63, 3.8) is 0 Å². The summed E-state index contributed by atoms with van der Waals surface area (Å²) in [6.07, 6.45) is 28.9. The summed E-state index contributed by atoms with van der Waals surface area (Å²) in [7, 11) is 0. The Balaban J connectivity index is 1.42. The van der Waals surface area contributed by atoms with Crippen LogP contribution in [0.1, 0.15) is 96.3 Å². The SMILES string of the molecule is C1=C\CCCCN2C[C@@]34CCCCCCCCCCN(C[C@H]5C/C(=C/C/1)[C@@H]2C[C@H]53)C4. The molecular weight excluding hydrogens is 364 g/mol. The number of piperidine rings is 2. The molecule has 5 atom stereocenters. The van der Waals surface area contributed by atoms with Crippen molar-refractivity contribution in [3.8, 4) is 0 Å². The zero-order valence-electron chi connectivity index (χ0n) is 19.5. The summed E-state index contributed by atoms with van der Waals surface area (Å²) in [5.74, 6) is 1.93. The van der Waals surface area contributed by atoms with E-state index >= 15 is 0 Å². The van der Waals surface area contributed by atoms with Crippen molar-refractivity contribution in [1.29, 1.82) is 0 Å². The molecule has 0 N–H and O–H groups in total. The number of nitrogens with zero attached hydrogens (tertiary/aromatic N) is 2. The first-order valence-electron chi connectivity index (χ1n) is 13.6. The third kappa shape index (κ3) is 4.60. The third-order valence-electron chi connectivity index (χ3n) is 9.40. The van der Waals surface area contributed by atoms with Crippen molar-refractivity contribution < 1.29 is 0 Å². The summed E-state index contributed by atoms with van der Waals surface area (Å²) in [5.41, 5.74) is 2.41. The molecule has 0 aromatic heterocycles. The van der Waals surface area contributed by atoms with Gasteiger partial charge in [-0.1, -0.05) is 68.7 Å². The van der Waals surface area contributed by atoms with E-state index in [0.717, 1.165) is 17.9 Å². The summed E-state index contributed by atoms with van der Waals surface area (Å²) in [6, 6.07) is 0.777. The lowest BCUT2D eigenvalue weighted by Gasteiger charge is -2.62. The fraction of sp³-hybridized carbons (Fsp3) is 0.857. The van der Waals surface area contributed by atoms with Crippen molar-refractivity contribution in [2.24, 2.45) is 17.3 Å². The lowest BCUT2D eigenvalue weighted by atomic mass is 9.54. The number of rotatable bonds is 0. The first-order chi connectivity index (χ1) is 14.8. The Bertz CT molecular complexity index is 622. The number of allylic oxidation sites excluding steroid dienone is 3. The number of hydrogen-bond acceptors (Lipinski definition) is 2. The molecule has 168 valence electrons. The van der Waals surface area contributed by atoms with E-state index in [2.05, 4.69) is 28.0 Å². The predicted octanol–water partition coefficient (Wildman–Crippen LogP) is 6.58. The van der Waals surface area contributed by atoms with Gasteiger partial charge < -0.3 is 4.90 Å². The number of fused-ring (bicyclic) bond motifs is 1. The Hall–Kier alpha value is -0.600. The number of hydrogen-bond donors (Lipinski definition) is 0. The zero-order valence-corrected chi connectivity index (χ0v) is 19.5. The molecule has 2 heteroatoms. The minimum absolute atomic E-state index is 0.595. The van der Waals surface area contributed by atoms with E-state index in [1.807, 2.05) is 5.57 Å². The molecule has 0 aromatic carbocycles. The molecule has 1 spiro atoms. The predicted molar refractivity (Wildman–Crippen MR) is 128 cm³/mol. The first kappa shape index (κ1) is 21.3. The molecule has 1 unspecified atom stereocenters. The van der Waals surface area contributed by atoms with E-state index < -0.39 is 0 Å². The van der Waals surface area contributed by atoms with Gasteiger partial charge in [0.1, 0.15) is 0 Å². The highest BCUT2D eigenvalue weighted by atomic mass is 15.2. The molecule has 4 bridgehead atoms. The molecule has 1 aliphatic carbocycles. The van der Waals surface area contributed by atoms with Crippen LogP contribution in [-0.2, 0) is 0 Å². The van der Waals surface area contributed by atoms with Crippen molar-refractivity contribution >= 4 is 0 Å². The van der Waals surface area contributed by atoms with Crippen LogP contribution in [0.4, 0.5) is 0 Å². The van der Waals surface area contributed by atoms with Crippen molar-refractivity contribution in [3.05, 3.63) is 23.8 Å². The summed E-state index contributed by atoms with van der Waals surface area (Å²) >= 11 is 0. The lowest BCUT2D eigenvalue weighted by molar-refractivity contribution is -0.109. The molecule has 0 radical (unpaired) electrons. The molecule has 4 fully saturated rings. The van der Waals surface area contributed by atoms with Gasteiger partial charge in [0.2, 0.25) is 0 Å². The highest BCUT2D eigenvalue weighted by Crippen LogP contribution is 2.55. The smallest absolute Gasteiger partial charge is 0.0310 e. The van der Waals surface area contributed by atoms with Gasteiger partial charge in [0.05, 0.1) is 0 Å². The van der Waals surface area contributed by atoms with Gasteiger partial charge in [0.25, 0.3) is 0 Å². The van der Waals surface area contributed by atoms with E-state index in [1.165, 1.54) is 129 Å². The molecule has 0 aromatic rings. The molecule has 5 rings (SSSR count). The molecule has 0 amide bonds. The van der Waals surface area contributed by atoms with Gasteiger partial charge in [0, 0.05) is 25.7 Å². The minimum atomic E-state index is 0.595. The minimum Gasteiger partial charge on any atom is -0.302 e. The Morgan fingerprint density at radius 3 is 2.50 bits per heavy atom. The fourth-order valence-corrected chi connectivity index (χ4v) is 7.98. The van der Waals surface area contributed by atoms with Crippen LogP contribution >= 0.6 is 0 Å². The second-order valence-electron chi connectivity index (χ2n) is 11.5. The Morgan fingerprint density at radius 1 is 0.800 bits per heavy atom. The van der Waals surface area contributed by atoms with E-state index in [1.54, 1.807) is 0 Å². The summed E-state index contributed by atoms with van der Waals surface area (Å²) in [4.78, 5) is 5.93. The average molecular weight is 411 g/mol. The van der Waals surface area contributed by atoms with Crippen LogP contribution in [0.5, 0.6) is 0 Å². The van der Waals surface area contributed by atoms with Gasteiger partial charge in [-0.15, -0.1) is 0 Å². The van der Waals surface area contributed by atoms with Crippen molar-refractivity contribution in [1.82, 2.24) is 9.80 Å². The maximum Gasteiger partial charge on any atom is 0.0310 e. The first-order valence-corrected chi connectivity index (χ1v) is 13.6. The molecule has 4 aliphatic heterocycles. The summed E-state index contributed by atoms with van der Waals surface area (Å²) in [5, 5.41) is 0. The van der Waals surface area contributed by atoms with Gasteiger partial charge in [0.15, 0.2) is 0 Å². The average Bonchev–Trinajstić information content (AvgIpc) is 2.78. The monoisotopic (exact) mass is 410 g/mol. The van der Waals surface area contributed by atoms with Crippen LogP contribution in [0.25, 0.3) is 0 Å². The summed E-state index contributed by atoms with van der Waals surface area (Å²) < 4.78 is 0. The highest BCUT2D eigenvalue weighted by molar-refractivity contribution is 5.23. The molecule has 4 heterocycles. The Kier molecular flexibility index (Phi) is 7.02. The second kappa shape index (κ2) is 9.90. The zero-order chi connectivity index (χ0) is 20.2. The molecule has 2 nitrogen and oxygen atoms in total. The van der Waals surface area contributed by atoms with Crippen LogP contribution in [0.2, 0.25) is 0 Å². The molecule has 3 saturated heterocycles.